The SMILES string of the molecule is NC(=O)NCCCOC(=O)C1(c2ccc(F)cc2)CCCC1. The first kappa shape index (κ1) is 16.3. The number of halogens is 1. The summed E-state index contributed by atoms with van der Waals surface area (Å²) >= 11 is 0. The molecule has 1 fully saturated rings. The number of carbonyl (C=O) groups is 2. The molecule has 1 aliphatic carbocycles. The Morgan fingerprint density at radius 3 is 2.45 bits per heavy atom. The van der Waals surface area contributed by atoms with Crippen LogP contribution in [0.25, 0.3) is 0 Å². The van der Waals surface area contributed by atoms with Crippen LogP contribution in [0, 0.1) is 5.82 Å². The minimum absolute atomic E-state index is 0.224. The molecule has 120 valence electrons. The molecule has 1 aromatic carbocycles. The van der Waals surface area contributed by atoms with E-state index in [2.05, 4.69) is 5.32 Å². The molecule has 0 spiro atoms. The van der Waals surface area contributed by atoms with Gasteiger partial charge in [-0.05, 0) is 37.0 Å². The highest BCUT2D eigenvalue weighted by atomic mass is 19.1. The normalized spacial score (nSPS) is 16.2. The number of nitrogens with two attached hydrogens (primary N) is 1. The maximum absolute atomic E-state index is 13.1. The Hall–Kier alpha value is -2.11. The van der Waals surface area contributed by atoms with E-state index >= 15 is 0 Å². The standard InChI is InChI=1S/C16H21FN2O3/c17-13-6-4-12(5-7-13)16(8-1-2-9-16)14(20)22-11-3-10-19-15(18)21/h4-7H,1-3,8-11H2,(H3,18,19,21). The van der Waals surface area contributed by atoms with Crippen LogP contribution in [0.1, 0.15) is 37.7 Å². The average molecular weight is 308 g/mol. The summed E-state index contributed by atoms with van der Waals surface area (Å²) in [5.74, 6) is -0.585. The van der Waals surface area contributed by atoms with Gasteiger partial charge in [0.15, 0.2) is 0 Å². The van der Waals surface area contributed by atoms with Crippen molar-refractivity contribution in [2.24, 2.45) is 5.73 Å². The van der Waals surface area contributed by atoms with E-state index in [1.54, 1.807) is 12.1 Å². The van der Waals surface area contributed by atoms with Crippen LogP contribution in [0.5, 0.6) is 0 Å². The van der Waals surface area contributed by atoms with Gasteiger partial charge >= 0.3 is 12.0 Å². The summed E-state index contributed by atoms with van der Waals surface area (Å²) in [6.45, 7) is 0.591. The highest BCUT2D eigenvalue weighted by molar-refractivity contribution is 5.83. The first-order valence-electron chi connectivity index (χ1n) is 7.51. The van der Waals surface area contributed by atoms with Crippen molar-refractivity contribution < 1.29 is 18.7 Å². The van der Waals surface area contributed by atoms with E-state index < -0.39 is 11.4 Å². The number of nitrogens with one attached hydrogen (secondary N) is 1. The first-order valence-corrected chi connectivity index (χ1v) is 7.51. The molecule has 0 bridgehead atoms. The highest BCUT2D eigenvalue weighted by Crippen LogP contribution is 2.42. The fraction of sp³-hybridized carbons (Fsp3) is 0.500. The van der Waals surface area contributed by atoms with Crippen LogP contribution in [-0.2, 0) is 14.9 Å². The molecule has 5 nitrogen and oxygen atoms in total. The lowest BCUT2D eigenvalue weighted by Crippen LogP contribution is -2.35. The minimum Gasteiger partial charge on any atom is -0.465 e. The van der Waals surface area contributed by atoms with Gasteiger partial charge in [-0.2, -0.15) is 0 Å². The summed E-state index contributed by atoms with van der Waals surface area (Å²) in [6, 6.07) is 5.48. The van der Waals surface area contributed by atoms with Crippen LogP contribution in [0.15, 0.2) is 24.3 Å². The largest absolute Gasteiger partial charge is 0.465 e. The van der Waals surface area contributed by atoms with Gasteiger partial charge in [0.05, 0.1) is 12.0 Å². The molecule has 0 radical (unpaired) electrons. The monoisotopic (exact) mass is 308 g/mol. The maximum Gasteiger partial charge on any atom is 0.316 e. The fourth-order valence-corrected chi connectivity index (χ4v) is 2.94. The minimum atomic E-state index is -0.662. The van der Waals surface area contributed by atoms with Gasteiger partial charge in [0.1, 0.15) is 5.82 Å². The lowest BCUT2D eigenvalue weighted by atomic mass is 9.79. The Kier molecular flexibility index (Phi) is 5.35. The zero-order valence-corrected chi connectivity index (χ0v) is 12.4. The molecule has 0 heterocycles. The third-order valence-electron chi connectivity index (χ3n) is 4.10. The molecule has 0 atom stereocenters. The second-order valence-corrected chi connectivity index (χ2v) is 5.58. The molecule has 1 saturated carbocycles. The number of amides is 2. The quantitative estimate of drug-likeness (QED) is 0.624. The third kappa shape index (κ3) is 3.75. The van der Waals surface area contributed by atoms with Gasteiger partial charge < -0.3 is 15.8 Å². The molecule has 3 N–H and O–H groups in total. The van der Waals surface area contributed by atoms with Crippen LogP contribution in [0.4, 0.5) is 9.18 Å². The number of esters is 1. The number of carbonyl (C=O) groups excluding carboxylic acids is 2. The summed E-state index contributed by atoms with van der Waals surface area (Å²) in [6.07, 6.45) is 3.85. The third-order valence-corrected chi connectivity index (χ3v) is 4.10. The summed E-state index contributed by atoms with van der Waals surface area (Å²) < 4.78 is 18.5. The van der Waals surface area contributed by atoms with Crippen molar-refractivity contribution in [1.82, 2.24) is 5.32 Å². The van der Waals surface area contributed by atoms with E-state index in [1.807, 2.05) is 0 Å². The molecule has 0 aromatic heterocycles. The molecule has 0 saturated heterocycles. The topological polar surface area (TPSA) is 81.4 Å². The first-order chi connectivity index (χ1) is 10.5. The lowest BCUT2D eigenvalue weighted by Gasteiger charge is -2.27. The Bertz CT molecular complexity index is 525. The van der Waals surface area contributed by atoms with Gasteiger partial charge in [0.25, 0.3) is 0 Å². The van der Waals surface area contributed by atoms with E-state index in [4.69, 9.17) is 10.5 Å². The summed E-state index contributed by atoms with van der Waals surface area (Å²) in [5.41, 5.74) is 5.10. The van der Waals surface area contributed by atoms with Gasteiger partial charge in [-0.25, -0.2) is 9.18 Å². The molecule has 1 aliphatic rings. The van der Waals surface area contributed by atoms with Gasteiger partial charge in [-0.1, -0.05) is 25.0 Å². The highest BCUT2D eigenvalue weighted by Gasteiger charge is 2.44. The number of rotatable bonds is 6. The second kappa shape index (κ2) is 7.24. The molecule has 0 aliphatic heterocycles. The van der Waals surface area contributed by atoms with E-state index in [9.17, 15) is 14.0 Å². The average Bonchev–Trinajstić information content (AvgIpc) is 2.98. The number of primary amides is 1. The van der Waals surface area contributed by atoms with Gasteiger partial charge in [0.2, 0.25) is 0 Å². The Morgan fingerprint density at radius 1 is 1.23 bits per heavy atom. The Balaban J connectivity index is 1.97. The number of hydrogen-bond donors (Lipinski definition) is 2. The molecule has 2 amide bonds. The van der Waals surface area contributed by atoms with Crippen molar-refractivity contribution >= 4 is 12.0 Å². The van der Waals surface area contributed by atoms with Crippen molar-refractivity contribution in [3.05, 3.63) is 35.6 Å². The molecular formula is C16H21FN2O3. The van der Waals surface area contributed by atoms with Crippen molar-refractivity contribution in [1.29, 1.82) is 0 Å². The number of urea groups is 1. The Labute approximate surface area is 129 Å². The van der Waals surface area contributed by atoms with Gasteiger partial charge in [-0.3, -0.25) is 4.79 Å². The zero-order chi connectivity index (χ0) is 16.0. The zero-order valence-electron chi connectivity index (χ0n) is 12.4. The van der Waals surface area contributed by atoms with Gasteiger partial charge in [0, 0.05) is 6.54 Å². The summed E-state index contributed by atoms with van der Waals surface area (Å²) in [5, 5.41) is 2.44. The molecule has 22 heavy (non-hydrogen) atoms. The van der Waals surface area contributed by atoms with Gasteiger partial charge in [-0.15, -0.1) is 0 Å². The smallest absolute Gasteiger partial charge is 0.316 e. The lowest BCUT2D eigenvalue weighted by molar-refractivity contribution is -0.150. The predicted octanol–water partition coefficient (Wildman–Crippen LogP) is 2.24. The molecule has 1 aromatic rings. The van der Waals surface area contributed by atoms with Crippen LogP contribution in [0.3, 0.4) is 0 Å². The maximum atomic E-state index is 13.1. The van der Waals surface area contributed by atoms with Crippen LogP contribution in [0.2, 0.25) is 0 Å². The number of benzene rings is 1. The van der Waals surface area contributed by atoms with E-state index in [0.717, 1.165) is 31.2 Å². The Morgan fingerprint density at radius 2 is 1.86 bits per heavy atom. The number of ether oxygens (including phenoxy) is 1. The van der Waals surface area contributed by atoms with Crippen molar-refractivity contribution in [3.8, 4) is 0 Å². The van der Waals surface area contributed by atoms with E-state index in [0.29, 0.717) is 13.0 Å². The van der Waals surface area contributed by atoms with Crippen LogP contribution < -0.4 is 11.1 Å². The fourth-order valence-electron chi connectivity index (χ4n) is 2.94. The van der Waals surface area contributed by atoms with Crippen molar-refractivity contribution in [2.75, 3.05) is 13.2 Å². The van der Waals surface area contributed by atoms with E-state index in [1.165, 1.54) is 12.1 Å². The second-order valence-electron chi connectivity index (χ2n) is 5.58. The molecule has 0 unspecified atom stereocenters. The summed E-state index contributed by atoms with van der Waals surface area (Å²) in [4.78, 5) is 23.1. The van der Waals surface area contributed by atoms with Crippen LogP contribution in [-0.4, -0.2) is 25.2 Å². The summed E-state index contributed by atoms with van der Waals surface area (Å²) in [7, 11) is 0. The van der Waals surface area contributed by atoms with Crippen LogP contribution >= 0.6 is 0 Å². The molecule has 2 rings (SSSR count). The molecule has 6 heteroatoms. The number of hydrogen-bond acceptors (Lipinski definition) is 3. The van der Waals surface area contributed by atoms with Crippen molar-refractivity contribution in [2.45, 2.75) is 37.5 Å². The van der Waals surface area contributed by atoms with Crippen molar-refractivity contribution in [3.63, 3.8) is 0 Å². The molecular weight excluding hydrogens is 287 g/mol. The predicted molar refractivity (Wildman–Crippen MR) is 79.7 cm³/mol. The van der Waals surface area contributed by atoms with E-state index in [-0.39, 0.29) is 18.4 Å².